The lowest BCUT2D eigenvalue weighted by atomic mass is 9.68. The van der Waals surface area contributed by atoms with Crippen LogP contribution in [0.3, 0.4) is 0 Å². The third-order valence-corrected chi connectivity index (χ3v) is 13.2. The Balaban J connectivity index is 0.880. The molecule has 3 heterocycles. The van der Waals surface area contributed by atoms with Crippen molar-refractivity contribution in [3.05, 3.63) is 263 Å². The Labute approximate surface area is 370 Å². The highest BCUT2D eigenvalue weighted by atomic mass is 16.6. The third kappa shape index (κ3) is 5.47. The molecule has 0 fully saturated rings. The van der Waals surface area contributed by atoms with Crippen molar-refractivity contribution in [1.82, 2.24) is 9.88 Å². The van der Waals surface area contributed by atoms with Crippen LogP contribution in [-0.4, -0.2) is 10.4 Å². The van der Waals surface area contributed by atoms with Crippen molar-refractivity contribution in [2.75, 3.05) is 0 Å². The highest BCUT2D eigenvalue weighted by molar-refractivity contribution is 6.09. The van der Waals surface area contributed by atoms with Crippen LogP contribution in [-0.2, 0) is 5.41 Å². The van der Waals surface area contributed by atoms with E-state index in [1.165, 1.54) is 44.1 Å². The van der Waals surface area contributed by atoms with Crippen LogP contribution in [0.2, 0.25) is 0 Å². The number of hydrogen-bond donors (Lipinski definition) is 1. The molecule has 1 aliphatic carbocycles. The Morgan fingerprint density at radius 2 is 1.08 bits per heavy atom. The zero-order valence-electron chi connectivity index (χ0n) is 34.7. The highest BCUT2D eigenvalue weighted by Gasteiger charge is 2.48. The van der Waals surface area contributed by atoms with E-state index in [0.29, 0.717) is 17.2 Å². The summed E-state index contributed by atoms with van der Waals surface area (Å²) in [6.07, 6.45) is 2.21. The first-order valence-corrected chi connectivity index (χ1v) is 21.8. The van der Waals surface area contributed by atoms with E-state index in [1.807, 2.05) is 12.1 Å². The predicted molar refractivity (Wildman–Crippen MR) is 258 cm³/mol. The molecule has 5 nitrogen and oxygen atoms in total. The van der Waals surface area contributed by atoms with Gasteiger partial charge in [0, 0.05) is 33.2 Å². The van der Waals surface area contributed by atoms with E-state index < -0.39 is 5.41 Å². The Morgan fingerprint density at radius 1 is 0.484 bits per heavy atom. The minimum Gasteiger partial charge on any atom is -0.449 e. The molecule has 64 heavy (non-hydrogen) atoms. The zero-order chi connectivity index (χ0) is 42.2. The van der Waals surface area contributed by atoms with Crippen molar-refractivity contribution in [3.8, 4) is 39.8 Å². The fourth-order valence-corrected chi connectivity index (χ4v) is 10.4. The molecule has 10 aromatic rings. The van der Waals surface area contributed by atoms with Crippen LogP contribution >= 0.6 is 0 Å². The molecule has 0 saturated heterocycles. The van der Waals surface area contributed by atoms with E-state index in [4.69, 9.17) is 14.5 Å². The minimum atomic E-state index is -0.534. The second kappa shape index (κ2) is 14.3. The normalized spacial score (nSPS) is 15.4. The van der Waals surface area contributed by atoms with Gasteiger partial charge in [-0.25, -0.2) is 4.99 Å². The molecule has 0 radical (unpaired) electrons. The Hall–Kier alpha value is -8.41. The van der Waals surface area contributed by atoms with Crippen molar-refractivity contribution < 1.29 is 9.47 Å². The molecule has 0 spiro atoms. The van der Waals surface area contributed by atoms with E-state index >= 15 is 0 Å². The average Bonchev–Trinajstić information content (AvgIpc) is 3.87. The van der Waals surface area contributed by atoms with Gasteiger partial charge >= 0.3 is 0 Å². The lowest BCUT2D eigenvalue weighted by Gasteiger charge is -2.34. The Morgan fingerprint density at radius 3 is 1.78 bits per heavy atom. The van der Waals surface area contributed by atoms with Crippen molar-refractivity contribution in [1.29, 1.82) is 0 Å². The standard InChI is InChI=1S/C59H39N3O2/c1-4-16-38(17-5-1)49-37-50(39-28-31-43(32-29-39)62-51-26-14-11-22-44(51)45-23-12-15-27-52(45)62)61-58(60-49)40-30-34-53-55(36-40)63-54-35-33-48-56(57(54)64-53)46-24-10-13-25-47(46)59(48,41-18-6-2-7-19-41)42-20-8-3-9-21-42/h1-37,49H,(H,60,61). The fraction of sp³-hybridized carbons (Fsp3) is 0.0339. The summed E-state index contributed by atoms with van der Waals surface area (Å²) in [4.78, 5) is 5.29. The van der Waals surface area contributed by atoms with Crippen LogP contribution in [0, 0.1) is 0 Å². The second-order valence-electron chi connectivity index (χ2n) is 16.7. The van der Waals surface area contributed by atoms with Gasteiger partial charge in [0.2, 0.25) is 0 Å². The zero-order valence-corrected chi connectivity index (χ0v) is 34.7. The molecule has 0 saturated carbocycles. The average molecular weight is 822 g/mol. The summed E-state index contributed by atoms with van der Waals surface area (Å²) < 4.78 is 16.1. The predicted octanol–water partition coefficient (Wildman–Crippen LogP) is 14.2. The Bertz CT molecular complexity index is 3420. The molecule has 9 aromatic carbocycles. The SMILES string of the molecule is C1=C(c2ccc(-n3c4ccccc4c4ccccc43)cc2)N=C(c2ccc3c(c2)Oc2ccc4c(c2O3)-c2ccccc2C4(c2ccccc2)c2ccccc2)NC1c1ccccc1. The summed E-state index contributed by atoms with van der Waals surface area (Å²) >= 11 is 0. The summed E-state index contributed by atoms with van der Waals surface area (Å²) in [7, 11) is 0. The highest BCUT2D eigenvalue weighted by Crippen LogP contribution is 2.62. The number of aliphatic imine (C=N–C) groups is 1. The molecule has 1 atom stereocenters. The number of benzene rings is 9. The quantitative estimate of drug-likeness (QED) is 0.182. The molecule has 1 N–H and O–H groups in total. The molecule has 0 bridgehead atoms. The van der Waals surface area contributed by atoms with E-state index in [2.05, 4.69) is 222 Å². The first-order chi connectivity index (χ1) is 31.7. The van der Waals surface area contributed by atoms with Crippen molar-refractivity contribution in [2.45, 2.75) is 11.5 Å². The molecule has 3 aliphatic rings. The van der Waals surface area contributed by atoms with Crippen LogP contribution in [0.4, 0.5) is 0 Å². The van der Waals surface area contributed by atoms with Gasteiger partial charge in [-0.15, -0.1) is 0 Å². The molecule has 0 amide bonds. The number of aromatic nitrogens is 1. The van der Waals surface area contributed by atoms with Gasteiger partial charge in [-0.1, -0.05) is 170 Å². The van der Waals surface area contributed by atoms with Crippen molar-refractivity contribution >= 4 is 33.3 Å². The van der Waals surface area contributed by atoms with E-state index in [9.17, 15) is 0 Å². The second-order valence-corrected chi connectivity index (χ2v) is 16.7. The van der Waals surface area contributed by atoms with Gasteiger partial charge in [0.1, 0.15) is 5.84 Å². The first kappa shape index (κ1) is 36.3. The van der Waals surface area contributed by atoms with E-state index in [1.54, 1.807) is 0 Å². The number of amidine groups is 1. The van der Waals surface area contributed by atoms with Gasteiger partial charge in [-0.2, -0.15) is 0 Å². The molecule has 5 heteroatoms. The molecular weight excluding hydrogens is 783 g/mol. The maximum Gasteiger partial charge on any atom is 0.178 e. The fourth-order valence-electron chi connectivity index (χ4n) is 10.4. The maximum atomic E-state index is 6.96. The Kier molecular flexibility index (Phi) is 8.12. The topological polar surface area (TPSA) is 47.8 Å². The van der Waals surface area contributed by atoms with Gasteiger partial charge in [-0.3, -0.25) is 0 Å². The van der Waals surface area contributed by atoms with Crippen LogP contribution < -0.4 is 14.8 Å². The smallest absolute Gasteiger partial charge is 0.178 e. The van der Waals surface area contributed by atoms with Gasteiger partial charge in [0.15, 0.2) is 23.0 Å². The number of fused-ring (bicyclic) bond motifs is 9. The molecule has 13 rings (SSSR count). The van der Waals surface area contributed by atoms with Gasteiger partial charge < -0.3 is 19.4 Å². The monoisotopic (exact) mass is 821 g/mol. The van der Waals surface area contributed by atoms with E-state index in [0.717, 1.165) is 50.8 Å². The summed E-state index contributed by atoms with van der Waals surface area (Å²) in [6.45, 7) is 0. The lowest BCUT2D eigenvalue weighted by molar-refractivity contribution is 0.360. The van der Waals surface area contributed by atoms with Gasteiger partial charge in [0.25, 0.3) is 0 Å². The third-order valence-electron chi connectivity index (χ3n) is 13.2. The molecule has 302 valence electrons. The number of para-hydroxylation sites is 2. The van der Waals surface area contributed by atoms with Crippen molar-refractivity contribution in [3.63, 3.8) is 0 Å². The summed E-state index contributed by atoms with van der Waals surface area (Å²) in [5.41, 5.74) is 13.9. The largest absolute Gasteiger partial charge is 0.449 e. The molecule has 1 unspecified atom stereocenters. The summed E-state index contributed by atoms with van der Waals surface area (Å²) in [5.74, 6) is 3.46. The molecule has 2 aliphatic heterocycles. The molecule has 1 aromatic heterocycles. The summed E-state index contributed by atoms with van der Waals surface area (Å²) in [6, 6.07) is 77.2. The maximum absolute atomic E-state index is 6.96. The first-order valence-electron chi connectivity index (χ1n) is 21.8. The van der Waals surface area contributed by atoms with Crippen LogP contribution in [0.5, 0.6) is 23.0 Å². The van der Waals surface area contributed by atoms with Crippen LogP contribution in [0.25, 0.3) is 44.3 Å². The van der Waals surface area contributed by atoms with Gasteiger partial charge in [0.05, 0.1) is 28.2 Å². The minimum absolute atomic E-state index is 0.105. The number of hydrogen-bond acceptors (Lipinski definition) is 4. The lowest BCUT2D eigenvalue weighted by Crippen LogP contribution is -2.31. The molecular formula is C59H39N3O2. The summed E-state index contributed by atoms with van der Waals surface area (Å²) in [5, 5.41) is 6.23. The number of nitrogens with one attached hydrogen (secondary N) is 1. The number of rotatable bonds is 6. The van der Waals surface area contributed by atoms with Crippen LogP contribution in [0.15, 0.2) is 229 Å². The number of nitrogens with zero attached hydrogens (tertiary/aromatic N) is 2. The van der Waals surface area contributed by atoms with Gasteiger partial charge in [-0.05, 0) is 88.0 Å². The van der Waals surface area contributed by atoms with E-state index in [-0.39, 0.29) is 6.04 Å². The number of ether oxygens (including phenoxy) is 2. The van der Waals surface area contributed by atoms with Crippen molar-refractivity contribution in [2.24, 2.45) is 4.99 Å². The van der Waals surface area contributed by atoms with Crippen LogP contribution in [0.1, 0.15) is 45.0 Å².